The molecule has 2 aromatic rings. The lowest BCUT2D eigenvalue weighted by atomic mass is 9.96. The van der Waals surface area contributed by atoms with Crippen LogP contribution in [-0.2, 0) is 11.3 Å². The number of likely N-dealkylation sites (tertiary alicyclic amines) is 1. The van der Waals surface area contributed by atoms with Crippen LogP contribution >= 0.6 is 11.6 Å². The van der Waals surface area contributed by atoms with E-state index in [4.69, 9.17) is 22.1 Å². The van der Waals surface area contributed by atoms with E-state index in [1.54, 1.807) is 6.92 Å². The van der Waals surface area contributed by atoms with Gasteiger partial charge in [0.05, 0.1) is 12.4 Å². The van der Waals surface area contributed by atoms with Crippen molar-refractivity contribution in [3.05, 3.63) is 35.2 Å². The highest BCUT2D eigenvalue weighted by Gasteiger charge is 2.20. The number of hydrogen-bond donors (Lipinski definition) is 2. The summed E-state index contributed by atoms with van der Waals surface area (Å²) < 4.78 is 5.68. The molecule has 1 fully saturated rings. The van der Waals surface area contributed by atoms with E-state index >= 15 is 0 Å². The van der Waals surface area contributed by atoms with Crippen LogP contribution in [0.1, 0.15) is 25.3 Å². The first kappa shape index (κ1) is 19.3. The van der Waals surface area contributed by atoms with E-state index in [1.807, 2.05) is 12.1 Å². The number of carbonyl (C=O) groups excluding carboxylic acids is 1. The molecule has 0 unspecified atom stereocenters. The number of amides is 1. The Morgan fingerprint density at radius 3 is 2.70 bits per heavy atom. The van der Waals surface area contributed by atoms with Gasteiger partial charge in [-0.05, 0) is 43.5 Å². The van der Waals surface area contributed by atoms with Crippen LogP contribution in [-0.4, -0.2) is 45.4 Å². The summed E-state index contributed by atoms with van der Waals surface area (Å²) in [7, 11) is 0. The molecule has 27 heavy (non-hydrogen) atoms. The minimum Gasteiger partial charge on any atom is -0.436 e. The maximum atomic E-state index is 11.0. The summed E-state index contributed by atoms with van der Waals surface area (Å²) >= 11 is 6.15. The zero-order valence-corrected chi connectivity index (χ0v) is 15.9. The van der Waals surface area contributed by atoms with Gasteiger partial charge in [0.2, 0.25) is 17.7 Å². The van der Waals surface area contributed by atoms with E-state index in [2.05, 4.69) is 25.2 Å². The van der Waals surface area contributed by atoms with Gasteiger partial charge in [0, 0.05) is 26.1 Å². The molecule has 144 valence electrons. The van der Waals surface area contributed by atoms with E-state index in [1.165, 1.54) is 12.4 Å². The second-order valence-corrected chi connectivity index (χ2v) is 7.06. The molecule has 0 bridgehead atoms. The Labute approximate surface area is 163 Å². The number of nitrogens with two attached hydrogens (primary N) is 1. The number of nitrogens with one attached hydrogen (secondary N) is 1. The van der Waals surface area contributed by atoms with Crippen molar-refractivity contribution in [3.63, 3.8) is 0 Å². The molecule has 3 rings (SSSR count). The summed E-state index contributed by atoms with van der Waals surface area (Å²) in [6, 6.07) is 3.71. The van der Waals surface area contributed by atoms with Gasteiger partial charge in [-0.15, -0.1) is 0 Å². The Bertz CT molecular complexity index is 778. The fourth-order valence-electron chi connectivity index (χ4n) is 3.06. The fraction of sp³-hybridized carbons (Fsp3) is 0.444. The molecule has 1 aliphatic rings. The highest BCUT2D eigenvalue weighted by Crippen LogP contribution is 2.24. The SMILES string of the molecule is CC(=O)NCC1CCN(Cc2cc(Cl)nc(Oc3cnc(N)nc3)c2)CC1. The molecule has 0 radical (unpaired) electrons. The van der Waals surface area contributed by atoms with Gasteiger partial charge in [-0.2, -0.15) is 0 Å². The van der Waals surface area contributed by atoms with Crippen LogP contribution in [0.3, 0.4) is 0 Å². The van der Waals surface area contributed by atoms with Crippen molar-refractivity contribution < 1.29 is 9.53 Å². The standard InChI is InChI=1S/C18H23ClN6O2/c1-12(26)21-8-13-2-4-25(5-3-13)11-14-6-16(19)24-17(7-14)27-15-9-22-18(20)23-10-15/h6-7,9-10,13H,2-5,8,11H2,1H3,(H,21,26)(H2,20,22,23). The van der Waals surface area contributed by atoms with Crippen LogP contribution in [0.2, 0.25) is 5.15 Å². The maximum Gasteiger partial charge on any atom is 0.221 e. The molecule has 2 aromatic heterocycles. The Balaban J connectivity index is 1.57. The summed E-state index contributed by atoms with van der Waals surface area (Å²) in [4.78, 5) is 25.4. The summed E-state index contributed by atoms with van der Waals surface area (Å²) in [5.41, 5.74) is 6.50. The van der Waals surface area contributed by atoms with Crippen LogP contribution in [0.5, 0.6) is 11.6 Å². The lowest BCUT2D eigenvalue weighted by molar-refractivity contribution is -0.119. The van der Waals surface area contributed by atoms with Gasteiger partial charge in [-0.25, -0.2) is 15.0 Å². The van der Waals surface area contributed by atoms with E-state index in [9.17, 15) is 4.79 Å². The highest BCUT2D eigenvalue weighted by molar-refractivity contribution is 6.29. The molecule has 0 saturated carbocycles. The first-order valence-electron chi connectivity index (χ1n) is 8.86. The van der Waals surface area contributed by atoms with Gasteiger partial charge in [-0.1, -0.05) is 11.6 Å². The largest absolute Gasteiger partial charge is 0.436 e. The molecule has 0 spiro atoms. The fourth-order valence-corrected chi connectivity index (χ4v) is 3.28. The van der Waals surface area contributed by atoms with E-state index in [-0.39, 0.29) is 11.9 Å². The Morgan fingerprint density at radius 1 is 1.33 bits per heavy atom. The smallest absolute Gasteiger partial charge is 0.221 e. The number of nitrogen functional groups attached to an aromatic ring is 1. The van der Waals surface area contributed by atoms with Gasteiger partial charge >= 0.3 is 0 Å². The number of nitrogens with zero attached hydrogens (tertiary/aromatic N) is 4. The third kappa shape index (κ3) is 6.04. The van der Waals surface area contributed by atoms with Crippen LogP contribution in [0.25, 0.3) is 0 Å². The van der Waals surface area contributed by atoms with Crippen molar-refractivity contribution in [1.29, 1.82) is 0 Å². The number of carbonyl (C=O) groups is 1. The van der Waals surface area contributed by atoms with Crippen molar-refractivity contribution in [1.82, 2.24) is 25.2 Å². The third-order valence-electron chi connectivity index (χ3n) is 4.45. The molecule has 1 amide bonds. The number of ether oxygens (including phenoxy) is 1. The lowest BCUT2D eigenvalue weighted by Crippen LogP contribution is -2.37. The molecule has 0 aliphatic carbocycles. The molecular formula is C18H23ClN6O2. The topological polar surface area (TPSA) is 106 Å². The van der Waals surface area contributed by atoms with E-state index in [0.29, 0.717) is 22.7 Å². The monoisotopic (exact) mass is 390 g/mol. The first-order chi connectivity index (χ1) is 13.0. The molecule has 3 N–H and O–H groups in total. The molecule has 1 aliphatic heterocycles. The van der Waals surface area contributed by atoms with E-state index in [0.717, 1.165) is 44.6 Å². The summed E-state index contributed by atoms with van der Waals surface area (Å²) in [6.45, 7) is 5.03. The average molecular weight is 391 g/mol. The number of piperidine rings is 1. The van der Waals surface area contributed by atoms with Gasteiger partial charge in [-0.3, -0.25) is 9.69 Å². The minimum absolute atomic E-state index is 0.0305. The van der Waals surface area contributed by atoms with Crippen molar-refractivity contribution in [2.75, 3.05) is 25.4 Å². The van der Waals surface area contributed by atoms with Crippen molar-refractivity contribution >= 4 is 23.5 Å². The number of rotatable bonds is 6. The van der Waals surface area contributed by atoms with Gasteiger partial charge in [0.1, 0.15) is 5.15 Å². The normalized spacial score (nSPS) is 15.5. The van der Waals surface area contributed by atoms with E-state index < -0.39 is 0 Å². The number of anilines is 1. The van der Waals surface area contributed by atoms with Crippen LogP contribution < -0.4 is 15.8 Å². The van der Waals surface area contributed by atoms with Crippen molar-refractivity contribution in [2.24, 2.45) is 5.92 Å². The van der Waals surface area contributed by atoms with Crippen LogP contribution in [0.15, 0.2) is 24.5 Å². The minimum atomic E-state index is 0.0305. The molecule has 3 heterocycles. The zero-order chi connectivity index (χ0) is 19.2. The predicted octanol–water partition coefficient (Wildman–Crippen LogP) is 2.25. The molecule has 9 heteroatoms. The lowest BCUT2D eigenvalue weighted by Gasteiger charge is -2.32. The summed E-state index contributed by atoms with van der Waals surface area (Å²) in [5.74, 6) is 1.59. The molecule has 0 aromatic carbocycles. The number of aromatic nitrogens is 3. The van der Waals surface area contributed by atoms with Crippen LogP contribution in [0.4, 0.5) is 5.95 Å². The second-order valence-electron chi connectivity index (χ2n) is 6.67. The molecular weight excluding hydrogens is 368 g/mol. The van der Waals surface area contributed by atoms with Crippen LogP contribution in [0, 0.1) is 5.92 Å². The third-order valence-corrected chi connectivity index (χ3v) is 4.65. The Hall–Kier alpha value is -2.45. The molecule has 0 atom stereocenters. The predicted molar refractivity (Wildman–Crippen MR) is 102 cm³/mol. The number of pyridine rings is 1. The zero-order valence-electron chi connectivity index (χ0n) is 15.2. The summed E-state index contributed by atoms with van der Waals surface area (Å²) in [6.07, 6.45) is 5.10. The molecule has 1 saturated heterocycles. The van der Waals surface area contributed by atoms with Gasteiger partial charge < -0.3 is 15.8 Å². The summed E-state index contributed by atoms with van der Waals surface area (Å²) in [5, 5.41) is 3.28. The van der Waals surface area contributed by atoms with Gasteiger partial charge in [0.15, 0.2) is 5.75 Å². The van der Waals surface area contributed by atoms with Crippen molar-refractivity contribution in [3.8, 4) is 11.6 Å². The Kier molecular flexibility index (Phi) is 6.41. The number of halogens is 1. The second kappa shape index (κ2) is 8.96. The first-order valence-corrected chi connectivity index (χ1v) is 9.24. The van der Waals surface area contributed by atoms with Crippen molar-refractivity contribution in [2.45, 2.75) is 26.3 Å². The quantitative estimate of drug-likeness (QED) is 0.728. The highest BCUT2D eigenvalue weighted by atomic mass is 35.5. The Morgan fingerprint density at radius 2 is 2.04 bits per heavy atom. The van der Waals surface area contributed by atoms with Gasteiger partial charge in [0.25, 0.3) is 0 Å². The number of hydrogen-bond acceptors (Lipinski definition) is 7. The maximum absolute atomic E-state index is 11.0. The molecule has 8 nitrogen and oxygen atoms in total. The average Bonchev–Trinajstić information content (AvgIpc) is 2.62.